The Hall–Kier alpha value is -3.54. The van der Waals surface area contributed by atoms with Crippen molar-refractivity contribution in [1.29, 1.82) is 0 Å². The van der Waals surface area contributed by atoms with E-state index in [4.69, 9.17) is 0 Å². The van der Waals surface area contributed by atoms with Crippen molar-refractivity contribution in [2.45, 2.75) is 6.04 Å². The molecule has 4 aromatic rings. The largest absolute Gasteiger partial charge is 0.334 e. The Kier molecular flexibility index (Phi) is 3.67. The molecule has 0 saturated carbocycles. The molecule has 132 valence electrons. The van der Waals surface area contributed by atoms with Crippen molar-refractivity contribution in [3.8, 4) is 11.3 Å². The minimum atomic E-state index is 0.0129. The standard InChI is InChI=1S/C21H17N5O/c27-21(18-10-4-8-16-9-5-11-22-20(16)18)25-12-17(13-25)26-14-19(23-24-26)15-6-2-1-3-7-15/h1-11,14,17H,12-13H2. The Morgan fingerprint density at radius 3 is 2.63 bits per heavy atom. The van der Waals surface area contributed by atoms with Gasteiger partial charge < -0.3 is 4.90 Å². The molecule has 0 N–H and O–H groups in total. The minimum absolute atomic E-state index is 0.0129. The quantitative estimate of drug-likeness (QED) is 0.566. The van der Waals surface area contributed by atoms with E-state index in [1.807, 2.05) is 76.4 Å². The highest BCUT2D eigenvalue weighted by Crippen LogP contribution is 2.26. The van der Waals surface area contributed by atoms with E-state index in [1.165, 1.54) is 0 Å². The first-order valence-electron chi connectivity index (χ1n) is 8.90. The second kappa shape index (κ2) is 6.32. The summed E-state index contributed by atoms with van der Waals surface area (Å²) in [7, 11) is 0. The van der Waals surface area contributed by atoms with Gasteiger partial charge in [-0.3, -0.25) is 9.78 Å². The Balaban J connectivity index is 1.32. The number of carbonyl (C=O) groups is 1. The predicted molar refractivity (Wildman–Crippen MR) is 102 cm³/mol. The molecule has 6 heteroatoms. The summed E-state index contributed by atoms with van der Waals surface area (Å²) < 4.78 is 1.85. The molecule has 2 aromatic heterocycles. The number of para-hydroxylation sites is 1. The van der Waals surface area contributed by atoms with Crippen molar-refractivity contribution in [2.24, 2.45) is 0 Å². The number of amides is 1. The number of hydrogen-bond acceptors (Lipinski definition) is 4. The van der Waals surface area contributed by atoms with E-state index in [2.05, 4.69) is 15.3 Å². The van der Waals surface area contributed by atoms with E-state index < -0.39 is 0 Å². The van der Waals surface area contributed by atoms with Crippen molar-refractivity contribution in [3.63, 3.8) is 0 Å². The molecule has 1 saturated heterocycles. The van der Waals surface area contributed by atoms with Crippen LogP contribution in [0.2, 0.25) is 0 Å². The Morgan fingerprint density at radius 1 is 0.963 bits per heavy atom. The predicted octanol–water partition coefficient (Wildman–Crippen LogP) is 3.19. The van der Waals surface area contributed by atoms with E-state index in [0.29, 0.717) is 18.7 Å². The number of hydrogen-bond donors (Lipinski definition) is 0. The smallest absolute Gasteiger partial charge is 0.256 e. The molecule has 1 amide bonds. The van der Waals surface area contributed by atoms with Crippen molar-refractivity contribution >= 4 is 16.8 Å². The van der Waals surface area contributed by atoms with Gasteiger partial charge in [-0.25, -0.2) is 4.68 Å². The van der Waals surface area contributed by atoms with Gasteiger partial charge in [0.1, 0.15) is 5.69 Å². The Morgan fingerprint density at radius 2 is 1.78 bits per heavy atom. The molecular weight excluding hydrogens is 338 g/mol. The third kappa shape index (κ3) is 2.75. The molecule has 1 aliphatic rings. The lowest BCUT2D eigenvalue weighted by Gasteiger charge is -2.38. The van der Waals surface area contributed by atoms with E-state index in [-0.39, 0.29) is 11.9 Å². The van der Waals surface area contributed by atoms with Crippen LogP contribution in [0, 0.1) is 0 Å². The van der Waals surface area contributed by atoms with Gasteiger partial charge in [-0.05, 0) is 12.1 Å². The maximum Gasteiger partial charge on any atom is 0.256 e. The molecule has 6 nitrogen and oxygen atoms in total. The van der Waals surface area contributed by atoms with Crippen molar-refractivity contribution in [3.05, 3.63) is 78.6 Å². The Labute approximate surface area is 156 Å². The van der Waals surface area contributed by atoms with Crippen LogP contribution in [0.1, 0.15) is 16.4 Å². The Bertz CT molecular complexity index is 1110. The van der Waals surface area contributed by atoms with Gasteiger partial charge in [0.15, 0.2) is 0 Å². The molecule has 0 bridgehead atoms. The van der Waals surface area contributed by atoms with E-state index >= 15 is 0 Å². The first kappa shape index (κ1) is 15.7. The summed E-state index contributed by atoms with van der Waals surface area (Å²) in [5.74, 6) is 0.0129. The summed E-state index contributed by atoms with van der Waals surface area (Å²) in [4.78, 5) is 19.1. The van der Waals surface area contributed by atoms with Crippen LogP contribution in [0.3, 0.4) is 0 Å². The van der Waals surface area contributed by atoms with Gasteiger partial charge in [0.25, 0.3) is 5.91 Å². The summed E-state index contributed by atoms with van der Waals surface area (Å²) in [6.07, 6.45) is 3.67. The zero-order chi connectivity index (χ0) is 18.2. The minimum Gasteiger partial charge on any atom is -0.334 e. The van der Waals surface area contributed by atoms with Crippen LogP contribution in [-0.4, -0.2) is 43.9 Å². The molecular formula is C21H17N5O. The molecule has 0 atom stereocenters. The maximum atomic E-state index is 12.9. The average Bonchev–Trinajstić information content (AvgIpc) is 3.16. The highest BCUT2D eigenvalue weighted by atomic mass is 16.2. The van der Waals surface area contributed by atoms with Crippen LogP contribution in [0.15, 0.2) is 73.1 Å². The van der Waals surface area contributed by atoms with Gasteiger partial charge in [0, 0.05) is 30.2 Å². The summed E-state index contributed by atoms with van der Waals surface area (Å²) in [6.45, 7) is 1.25. The lowest BCUT2D eigenvalue weighted by molar-refractivity contribution is 0.0500. The molecule has 3 heterocycles. The number of aromatic nitrogens is 4. The summed E-state index contributed by atoms with van der Waals surface area (Å²) >= 11 is 0. The molecule has 27 heavy (non-hydrogen) atoms. The fourth-order valence-corrected chi connectivity index (χ4v) is 3.43. The first-order valence-corrected chi connectivity index (χ1v) is 8.90. The van der Waals surface area contributed by atoms with E-state index in [9.17, 15) is 4.79 Å². The van der Waals surface area contributed by atoms with Crippen LogP contribution in [-0.2, 0) is 0 Å². The highest BCUT2D eigenvalue weighted by Gasteiger charge is 2.34. The average molecular weight is 355 g/mol. The molecule has 2 aromatic carbocycles. The van der Waals surface area contributed by atoms with Gasteiger partial charge in [-0.2, -0.15) is 0 Å². The summed E-state index contributed by atoms with van der Waals surface area (Å²) in [6, 6.07) is 19.7. The highest BCUT2D eigenvalue weighted by molar-refractivity contribution is 6.05. The zero-order valence-electron chi connectivity index (χ0n) is 14.6. The second-order valence-corrected chi connectivity index (χ2v) is 6.69. The number of benzene rings is 2. The van der Waals surface area contributed by atoms with Crippen LogP contribution in [0.25, 0.3) is 22.2 Å². The molecule has 0 spiro atoms. The van der Waals surface area contributed by atoms with Crippen molar-refractivity contribution in [1.82, 2.24) is 24.9 Å². The molecule has 0 unspecified atom stereocenters. The maximum absolute atomic E-state index is 12.9. The van der Waals surface area contributed by atoms with Crippen LogP contribution in [0.4, 0.5) is 0 Å². The normalized spacial score (nSPS) is 14.3. The van der Waals surface area contributed by atoms with E-state index in [1.54, 1.807) is 6.20 Å². The lowest BCUT2D eigenvalue weighted by Crippen LogP contribution is -2.51. The molecule has 5 rings (SSSR count). The number of nitrogens with zero attached hydrogens (tertiary/aromatic N) is 5. The summed E-state index contributed by atoms with van der Waals surface area (Å²) in [5.41, 5.74) is 3.28. The SMILES string of the molecule is O=C(c1cccc2cccnc12)N1CC(n2cc(-c3ccccc3)nn2)C1. The fraction of sp³-hybridized carbons (Fsp3) is 0.143. The fourth-order valence-electron chi connectivity index (χ4n) is 3.43. The second-order valence-electron chi connectivity index (χ2n) is 6.69. The van der Waals surface area contributed by atoms with Gasteiger partial charge in [0.05, 0.1) is 23.3 Å². The van der Waals surface area contributed by atoms with Crippen LogP contribution in [0.5, 0.6) is 0 Å². The zero-order valence-corrected chi connectivity index (χ0v) is 14.6. The third-order valence-electron chi connectivity index (χ3n) is 4.97. The van der Waals surface area contributed by atoms with Gasteiger partial charge in [-0.1, -0.05) is 53.7 Å². The topological polar surface area (TPSA) is 63.9 Å². The molecule has 1 fully saturated rings. The third-order valence-corrected chi connectivity index (χ3v) is 4.97. The lowest BCUT2D eigenvalue weighted by atomic mass is 10.0. The number of fused-ring (bicyclic) bond motifs is 1. The monoisotopic (exact) mass is 355 g/mol. The van der Waals surface area contributed by atoms with Gasteiger partial charge in [0.2, 0.25) is 0 Å². The number of rotatable bonds is 3. The van der Waals surface area contributed by atoms with E-state index in [0.717, 1.165) is 22.2 Å². The van der Waals surface area contributed by atoms with Gasteiger partial charge >= 0.3 is 0 Å². The molecule has 1 aliphatic heterocycles. The molecule has 0 radical (unpaired) electrons. The van der Waals surface area contributed by atoms with Crippen molar-refractivity contribution < 1.29 is 4.79 Å². The van der Waals surface area contributed by atoms with Gasteiger partial charge in [-0.15, -0.1) is 5.10 Å². The molecule has 0 aliphatic carbocycles. The number of pyridine rings is 1. The number of carbonyl (C=O) groups excluding carboxylic acids is 1. The van der Waals surface area contributed by atoms with Crippen LogP contribution >= 0.6 is 0 Å². The first-order chi connectivity index (χ1) is 13.3. The number of likely N-dealkylation sites (tertiary alicyclic amines) is 1. The van der Waals surface area contributed by atoms with Crippen molar-refractivity contribution in [2.75, 3.05) is 13.1 Å². The summed E-state index contributed by atoms with van der Waals surface area (Å²) in [5, 5.41) is 9.48. The van der Waals surface area contributed by atoms with Crippen LogP contribution < -0.4 is 0 Å².